The number of carbonyl (C=O) groups excluding carboxylic acids is 2. The molecule has 5 nitrogen and oxygen atoms in total. The number of rotatable bonds is 16. The first-order valence-corrected chi connectivity index (χ1v) is 38.3. The predicted octanol–water partition coefficient (Wildman–Crippen LogP) is 19.6. The topological polar surface area (TPSA) is 92.3 Å². The van der Waals surface area contributed by atoms with Gasteiger partial charge in [0.15, 0.2) is 0 Å². The molecule has 0 aliphatic heterocycles. The molecule has 0 saturated heterocycles. The third-order valence-corrected chi connectivity index (χ3v) is 28.3. The Kier molecular flexibility index (Phi) is 31.7. The summed E-state index contributed by atoms with van der Waals surface area (Å²) in [5.74, 6) is -2.26. The average Bonchev–Trinajstić information content (AvgIpc) is 0.707. The van der Waals surface area contributed by atoms with E-state index in [9.17, 15) is 125 Å². The molecule has 0 radical (unpaired) electrons. The molecule has 0 heterocycles. The SMILES string of the molecule is C1CCC([PH+](CCNCC[PH+](C2CCCCC2)C2CCCCC2)C2CCCCC2)CC1.FC(F)(F)c1cc([B-](c2cc(C(F)(F)F)cc(C(F)(F)F)c2)(c2cc(C(F)(F)F)cc(C(F)(F)F)c2)c2cc(C(F)(F)F)cc(C(F)(F)F)c2)cc(C(F)(F)F)c1.O=C([O-])c1ccccc1.O=C([O-])c1ccccc1.[Co+3]. The smallest absolute Gasteiger partial charge is 0.545 e. The Balaban J connectivity index is 0.000000293. The molecular weight excluding hydrogens is 1550 g/mol. The van der Waals surface area contributed by atoms with Crippen molar-refractivity contribution in [3.63, 3.8) is 0 Å². The zero-order valence-corrected chi connectivity index (χ0v) is 60.1. The molecule has 4 aliphatic carbocycles. The van der Waals surface area contributed by atoms with Crippen molar-refractivity contribution in [1.29, 1.82) is 0 Å². The number of alkyl halides is 24. The van der Waals surface area contributed by atoms with E-state index in [1.165, 1.54) is 85.7 Å². The Morgan fingerprint density at radius 3 is 0.636 bits per heavy atom. The van der Waals surface area contributed by atoms with Gasteiger partial charge in [-0.3, -0.25) is 0 Å². The fraction of sp³-hybridized carbons (Fsp3) is 0.486. The molecule has 4 aliphatic rings. The minimum atomic E-state index is -6.13. The van der Waals surface area contributed by atoms with E-state index in [1.807, 2.05) is 0 Å². The second-order valence-electron chi connectivity index (χ2n) is 27.3. The quantitative estimate of drug-likeness (QED) is 0.0451. The van der Waals surface area contributed by atoms with E-state index in [0.29, 0.717) is 0 Å². The number of benzene rings is 6. The van der Waals surface area contributed by atoms with Crippen LogP contribution >= 0.6 is 15.8 Å². The van der Waals surface area contributed by atoms with Gasteiger partial charge in [-0.1, -0.05) is 135 Å². The molecule has 0 unspecified atom stereocenters. The van der Waals surface area contributed by atoms with Crippen LogP contribution in [0.4, 0.5) is 105 Å². The molecule has 0 atom stereocenters. The van der Waals surface area contributed by atoms with Crippen molar-refractivity contribution in [3.8, 4) is 0 Å². The molecule has 0 amide bonds. The van der Waals surface area contributed by atoms with Gasteiger partial charge in [0.25, 0.3) is 0 Å². The minimum absolute atomic E-state index is 0. The number of aromatic carboxylic acids is 2. The van der Waals surface area contributed by atoms with Crippen LogP contribution in [-0.2, 0) is 66.2 Å². The number of carbonyl (C=O) groups is 2. The van der Waals surface area contributed by atoms with Gasteiger partial charge in [-0.05, 0) is 138 Å². The van der Waals surface area contributed by atoms with Gasteiger partial charge >= 0.3 is 66.2 Å². The second-order valence-corrected chi connectivity index (χ2v) is 33.8. The zero-order valence-electron chi connectivity index (χ0n) is 57.1. The monoisotopic (exact) mass is 1630 g/mol. The van der Waals surface area contributed by atoms with Crippen LogP contribution in [0.15, 0.2) is 133 Å². The molecule has 6 aromatic rings. The summed E-state index contributed by atoms with van der Waals surface area (Å²) in [6, 6.07) is 7.32. The summed E-state index contributed by atoms with van der Waals surface area (Å²) in [5.41, 5.74) is -25.1. The largest absolute Gasteiger partial charge is 3.00 e. The Morgan fingerprint density at radius 1 is 0.308 bits per heavy atom. The van der Waals surface area contributed by atoms with Gasteiger partial charge < -0.3 is 25.1 Å². The Labute approximate surface area is 615 Å². The van der Waals surface area contributed by atoms with Gasteiger partial charge in [0, 0.05) is 28.9 Å². The molecule has 0 aromatic heterocycles. The normalized spacial score (nSPS) is 16.7. The van der Waals surface area contributed by atoms with Gasteiger partial charge in [-0.15, -0.1) is 0 Å². The molecule has 10 rings (SSSR count). The van der Waals surface area contributed by atoms with Gasteiger partial charge in [0.05, 0.1) is 91.4 Å². The maximum Gasteiger partial charge on any atom is 3.00 e. The van der Waals surface area contributed by atoms with Crippen LogP contribution in [0, 0.1) is 0 Å². The number of hydrogen-bond donors (Lipinski definition) is 1. The number of hydrogen-bond acceptors (Lipinski definition) is 5. The molecule has 6 aromatic carbocycles. The zero-order chi connectivity index (χ0) is 78.4. The molecule has 33 heteroatoms. The standard InChI is InChI=1S/C32H12BF24.C28H53NP2.2C7H6O2.Co/c34-25(35,36)13-1-14(26(37,38)39)6-21(5-13)33(22-7-15(27(40,41)42)2-16(8-22)28(43,44)45,23-9-17(29(46,47)48)3-18(10-23)30(49,50)51)24-11-19(31(52,53)54)4-20(12-24)32(55,56)57;1-5-13-25(14-6-1)30(26-15-7-2-8-16-26)23-21-29-22-24-31(27-17-9-3-10-18-27)28-19-11-4-12-20-28;2*8-7(9)6-4-2-1-3-5-6;/h1-12H;25-29H,1-24H2;2*1-5H,(H,8,9);/q-1;;;;+3. The summed E-state index contributed by atoms with van der Waals surface area (Å²) in [7, 11) is -0.281. The van der Waals surface area contributed by atoms with Crippen molar-refractivity contribution in [1.82, 2.24) is 5.32 Å². The maximum absolute atomic E-state index is 14.2. The molecule has 0 bridgehead atoms. The third kappa shape index (κ3) is 25.5. The summed E-state index contributed by atoms with van der Waals surface area (Å²) in [4.78, 5) is 20.2. The predicted molar refractivity (Wildman–Crippen MR) is 358 cm³/mol. The van der Waals surface area contributed by atoms with Crippen molar-refractivity contribution in [3.05, 3.63) is 189 Å². The van der Waals surface area contributed by atoms with Crippen LogP contribution in [0.5, 0.6) is 0 Å². The first-order valence-electron chi connectivity index (χ1n) is 34.6. The second kappa shape index (κ2) is 37.8. The fourth-order valence-electron chi connectivity index (χ4n) is 15.2. The first kappa shape index (κ1) is 89.9. The number of carboxylic acids is 2. The van der Waals surface area contributed by atoms with E-state index < -0.39 is 207 Å². The van der Waals surface area contributed by atoms with Crippen LogP contribution in [-0.4, -0.2) is 66.1 Å². The van der Waals surface area contributed by atoms with Crippen LogP contribution in [0.25, 0.3) is 0 Å². The molecular formula is C74H77BCoF24NO4P2+2. The minimum Gasteiger partial charge on any atom is -0.545 e. The number of nitrogens with one attached hydrogen (secondary N) is 1. The van der Waals surface area contributed by atoms with Crippen molar-refractivity contribution in [2.24, 2.45) is 0 Å². The molecule has 4 saturated carbocycles. The molecule has 590 valence electrons. The first-order chi connectivity index (χ1) is 49.3. The molecule has 4 fully saturated rings. The van der Waals surface area contributed by atoms with E-state index in [-0.39, 0.29) is 43.7 Å². The van der Waals surface area contributed by atoms with E-state index >= 15 is 0 Å². The van der Waals surface area contributed by atoms with E-state index in [2.05, 4.69) is 5.32 Å². The molecule has 0 spiro atoms. The van der Waals surface area contributed by atoms with Crippen molar-refractivity contribution in [2.75, 3.05) is 25.4 Å². The fourth-order valence-corrected chi connectivity index (χ4v) is 23.7. The van der Waals surface area contributed by atoms with Gasteiger partial charge in [-0.25, -0.2) is 0 Å². The summed E-state index contributed by atoms with van der Waals surface area (Å²) in [6.45, 7) is 2.73. The third-order valence-electron chi connectivity index (χ3n) is 20.2. The number of carboxylic acid groups (broad SMARTS) is 2. The van der Waals surface area contributed by atoms with Crippen molar-refractivity contribution in [2.45, 2.75) is 200 Å². The Bertz CT molecular complexity index is 3240. The summed E-state index contributed by atoms with van der Waals surface area (Å²) in [5, 5.41) is 24.2. The van der Waals surface area contributed by atoms with Crippen molar-refractivity contribution >= 4 is 55.8 Å². The van der Waals surface area contributed by atoms with Crippen LogP contribution < -0.4 is 37.4 Å². The Morgan fingerprint density at radius 2 is 0.486 bits per heavy atom. The van der Waals surface area contributed by atoms with E-state index in [0.717, 1.165) is 0 Å². The van der Waals surface area contributed by atoms with Gasteiger partial charge in [-0.2, -0.15) is 127 Å². The van der Waals surface area contributed by atoms with E-state index in [1.54, 1.807) is 151 Å². The number of halogens is 24. The summed E-state index contributed by atoms with van der Waals surface area (Å²) in [6.07, 6.45) is -20.3. The van der Waals surface area contributed by atoms with Gasteiger partial charge in [0.2, 0.25) is 0 Å². The van der Waals surface area contributed by atoms with Gasteiger partial charge in [0.1, 0.15) is 6.15 Å². The molecule has 1 N–H and O–H groups in total. The summed E-state index contributed by atoms with van der Waals surface area (Å²) >= 11 is 0. The van der Waals surface area contributed by atoms with E-state index in [4.69, 9.17) is 0 Å². The van der Waals surface area contributed by atoms with Crippen LogP contribution in [0.2, 0.25) is 0 Å². The van der Waals surface area contributed by atoms with Crippen LogP contribution in [0.3, 0.4) is 0 Å². The summed E-state index contributed by atoms with van der Waals surface area (Å²) < 4.78 is 341. The Hall–Kier alpha value is -6.03. The average molecular weight is 1630 g/mol. The van der Waals surface area contributed by atoms with Crippen molar-refractivity contribution < 1.29 is 142 Å². The van der Waals surface area contributed by atoms with Crippen LogP contribution in [0.1, 0.15) is 194 Å². The molecule has 107 heavy (non-hydrogen) atoms. The maximum atomic E-state index is 14.2.